The number of nitrogens with zero attached hydrogens (tertiary/aromatic N) is 1. The molecule has 1 unspecified atom stereocenters. The van der Waals surface area contributed by atoms with Gasteiger partial charge in [0, 0.05) is 24.4 Å². The van der Waals surface area contributed by atoms with Gasteiger partial charge in [-0.2, -0.15) is 13.2 Å². The molecule has 3 fully saturated rings. The molecule has 1 aromatic rings. The van der Waals surface area contributed by atoms with Crippen molar-refractivity contribution < 1.29 is 23.1 Å². The Morgan fingerprint density at radius 3 is 2.44 bits per heavy atom. The maximum atomic E-state index is 13.1. The predicted octanol–water partition coefficient (Wildman–Crippen LogP) is 4.27. The van der Waals surface area contributed by atoms with Gasteiger partial charge in [-0.15, -0.1) is 0 Å². The van der Waals surface area contributed by atoms with Crippen molar-refractivity contribution in [2.75, 3.05) is 13.1 Å². The van der Waals surface area contributed by atoms with Crippen molar-refractivity contribution in [3.8, 4) is 0 Å². The summed E-state index contributed by atoms with van der Waals surface area (Å²) in [6.07, 6.45) is -0.580. The number of hydrogen-bond acceptors (Lipinski definition) is 2. The largest absolute Gasteiger partial charge is 0.416 e. The molecule has 1 aliphatic heterocycles. The molecule has 148 valence electrons. The van der Waals surface area contributed by atoms with E-state index in [9.17, 15) is 23.1 Å². The average Bonchev–Trinajstić information content (AvgIpc) is 2.94. The normalized spacial score (nSPS) is 32.3. The van der Waals surface area contributed by atoms with E-state index < -0.39 is 17.3 Å². The maximum absolute atomic E-state index is 13.1. The molecule has 1 N–H and O–H groups in total. The van der Waals surface area contributed by atoms with E-state index >= 15 is 0 Å². The van der Waals surface area contributed by atoms with Crippen molar-refractivity contribution in [2.45, 2.75) is 63.6 Å². The van der Waals surface area contributed by atoms with Gasteiger partial charge in [-0.05, 0) is 69.6 Å². The molecule has 1 atom stereocenters. The zero-order valence-electron chi connectivity index (χ0n) is 15.8. The number of aryl methyl sites for hydroxylation is 1. The summed E-state index contributed by atoms with van der Waals surface area (Å²) in [5, 5.41) is 9.82. The molecule has 1 heterocycles. The molecule has 0 bridgehead atoms. The minimum Gasteiger partial charge on any atom is -0.390 e. The van der Waals surface area contributed by atoms with Gasteiger partial charge in [0.1, 0.15) is 0 Å². The fourth-order valence-corrected chi connectivity index (χ4v) is 5.35. The van der Waals surface area contributed by atoms with Crippen LogP contribution in [0.5, 0.6) is 0 Å². The highest BCUT2D eigenvalue weighted by atomic mass is 19.4. The van der Waals surface area contributed by atoms with Crippen LogP contribution in [0.1, 0.15) is 61.6 Å². The molecule has 1 amide bonds. The first-order valence-corrected chi connectivity index (χ1v) is 9.66. The van der Waals surface area contributed by atoms with E-state index in [2.05, 4.69) is 0 Å². The van der Waals surface area contributed by atoms with Gasteiger partial charge >= 0.3 is 6.18 Å². The van der Waals surface area contributed by atoms with Crippen molar-refractivity contribution in [2.24, 2.45) is 11.3 Å². The van der Waals surface area contributed by atoms with E-state index in [1.54, 1.807) is 13.8 Å². The number of aliphatic hydroxyl groups is 1. The number of amides is 1. The number of carbonyl (C=O) groups is 1. The van der Waals surface area contributed by atoms with Crippen LogP contribution >= 0.6 is 0 Å². The standard InChI is InChI=1S/C21H26F3NO2/c1-13-5-15(7-17(6-13)21(22,23)24)14-3-4-20(10-14)11-25(12-20)18(26)16-8-19(2,27)9-16/h5-7,14,16,27H,3-4,8-12H2,1-2H3/t14?,16-,19+. The highest BCUT2D eigenvalue weighted by molar-refractivity contribution is 5.81. The molecule has 6 heteroatoms. The van der Waals surface area contributed by atoms with Gasteiger partial charge in [-0.25, -0.2) is 0 Å². The van der Waals surface area contributed by atoms with Crippen molar-refractivity contribution in [1.82, 2.24) is 4.90 Å². The Kier molecular flexibility index (Phi) is 4.15. The lowest BCUT2D eigenvalue weighted by Crippen LogP contribution is -2.61. The molecule has 3 nitrogen and oxygen atoms in total. The molecule has 4 rings (SSSR count). The van der Waals surface area contributed by atoms with Crippen molar-refractivity contribution >= 4 is 5.91 Å². The van der Waals surface area contributed by atoms with Crippen LogP contribution in [0.4, 0.5) is 13.2 Å². The fraction of sp³-hybridized carbons (Fsp3) is 0.667. The molecular formula is C21H26F3NO2. The second-order valence-corrected chi connectivity index (χ2v) is 9.37. The van der Waals surface area contributed by atoms with Crippen LogP contribution in [0.2, 0.25) is 0 Å². The Balaban J connectivity index is 1.39. The third kappa shape index (κ3) is 3.48. The van der Waals surface area contributed by atoms with Gasteiger partial charge in [0.05, 0.1) is 11.2 Å². The highest BCUT2D eigenvalue weighted by Gasteiger charge is 2.53. The Hall–Kier alpha value is -1.56. The number of carbonyl (C=O) groups excluding carboxylic acids is 1. The first-order chi connectivity index (χ1) is 12.5. The molecule has 3 aliphatic rings. The average molecular weight is 381 g/mol. The lowest BCUT2D eigenvalue weighted by molar-refractivity contribution is -0.161. The monoisotopic (exact) mass is 381 g/mol. The maximum Gasteiger partial charge on any atom is 0.416 e. The summed E-state index contributed by atoms with van der Waals surface area (Å²) >= 11 is 0. The number of alkyl halides is 3. The quantitative estimate of drug-likeness (QED) is 0.831. The molecule has 1 saturated heterocycles. The molecule has 2 saturated carbocycles. The minimum absolute atomic E-state index is 0.0642. The van der Waals surface area contributed by atoms with E-state index in [4.69, 9.17) is 0 Å². The van der Waals surface area contributed by atoms with Gasteiger partial charge in [0.2, 0.25) is 5.91 Å². The van der Waals surface area contributed by atoms with Gasteiger partial charge in [0.15, 0.2) is 0 Å². The topological polar surface area (TPSA) is 40.5 Å². The summed E-state index contributed by atoms with van der Waals surface area (Å²) < 4.78 is 39.3. The zero-order chi connectivity index (χ0) is 19.6. The number of halogens is 3. The molecule has 27 heavy (non-hydrogen) atoms. The van der Waals surface area contributed by atoms with Crippen LogP contribution in [0, 0.1) is 18.3 Å². The smallest absolute Gasteiger partial charge is 0.390 e. The molecule has 2 aliphatic carbocycles. The molecule has 0 aromatic heterocycles. The number of benzene rings is 1. The summed E-state index contributed by atoms with van der Waals surface area (Å²) in [6, 6.07) is 4.37. The Bertz CT molecular complexity index is 757. The number of likely N-dealkylation sites (tertiary alicyclic amines) is 1. The van der Waals surface area contributed by atoms with E-state index in [1.165, 1.54) is 12.1 Å². The lowest BCUT2D eigenvalue weighted by atomic mass is 9.69. The van der Waals surface area contributed by atoms with Crippen LogP contribution in [-0.2, 0) is 11.0 Å². The number of hydrogen-bond donors (Lipinski definition) is 1. The summed E-state index contributed by atoms with van der Waals surface area (Å²) in [7, 11) is 0. The Labute approximate surface area is 157 Å². The summed E-state index contributed by atoms with van der Waals surface area (Å²) in [5.74, 6) is 0.193. The van der Waals surface area contributed by atoms with E-state index in [1.807, 2.05) is 11.0 Å². The first-order valence-electron chi connectivity index (χ1n) is 9.66. The van der Waals surface area contributed by atoms with Crippen LogP contribution < -0.4 is 0 Å². The summed E-state index contributed by atoms with van der Waals surface area (Å²) in [5.41, 5.74) is 0.209. The molecule has 1 spiro atoms. The van der Waals surface area contributed by atoms with Crippen molar-refractivity contribution in [3.63, 3.8) is 0 Å². The van der Waals surface area contributed by atoms with E-state index in [0.717, 1.165) is 24.8 Å². The van der Waals surface area contributed by atoms with E-state index in [0.29, 0.717) is 31.5 Å². The zero-order valence-corrected chi connectivity index (χ0v) is 15.8. The fourth-order valence-electron chi connectivity index (χ4n) is 5.35. The molecular weight excluding hydrogens is 355 g/mol. The van der Waals surface area contributed by atoms with Crippen LogP contribution in [-0.4, -0.2) is 34.6 Å². The second kappa shape index (κ2) is 5.97. The van der Waals surface area contributed by atoms with Crippen molar-refractivity contribution in [3.05, 3.63) is 34.9 Å². The number of rotatable bonds is 2. The molecule has 1 aromatic carbocycles. The summed E-state index contributed by atoms with van der Waals surface area (Å²) in [6.45, 7) is 4.88. The van der Waals surface area contributed by atoms with E-state index in [-0.39, 0.29) is 23.2 Å². The predicted molar refractivity (Wildman–Crippen MR) is 95.1 cm³/mol. The van der Waals surface area contributed by atoms with Crippen LogP contribution in [0.15, 0.2) is 18.2 Å². The van der Waals surface area contributed by atoms with Gasteiger partial charge in [0.25, 0.3) is 0 Å². The minimum atomic E-state index is -4.32. The molecule has 0 radical (unpaired) electrons. The van der Waals surface area contributed by atoms with Crippen molar-refractivity contribution in [1.29, 1.82) is 0 Å². The lowest BCUT2D eigenvalue weighted by Gasteiger charge is -2.52. The van der Waals surface area contributed by atoms with Gasteiger partial charge < -0.3 is 10.0 Å². The third-order valence-corrected chi connectivity index (χ3v) is 6.69. The Morgan fingerprint density at radius 2 is 1.85 bits per heavy atom. The first kappa shape index (κ1) is 18.8. The van der Waals surface area contributed by atoms with Gasteiger partial charge in [-0.1, -0.05) is 11.6 Å². The summed E-state index contributed by atoms with van der Waals surface area (Å²) in [4.78, 5) is 14.4. The van der Waals surface area contributed by atoms with Crippen LogP contribution in [0.3, 0.4) is 0 Å². The van der Waals surface area contributed by atoms with Crippen LogP contribution in [0.25, 0.3) is 0 Å². The highest BCUT2D eigenvalue weighted by Crippen LogP contribution is 2.53. The Morgan fingerprint density at radius 1 is 1.19 bits per heavy atom. The van der Waals surface area contributed by atoms with Gasteiger partial charge in [-0.3, -0.25) is 4.79 Å². The second-order valence-electron chi connectivity index (χ2n) is 9.37. The third-order valence-electron chi connectivity index (χ3n) is 6.69. The SMILES string of the molecule is Cc1cc(C2CCC3(C2)CN(C(=O)[C@H]2C[C@@](C)(O)C2)C3)cc(C(F)(F)F)c1.